The standard InChI is InChI=1S/C16H30O4.Li.Na.2H/c1-3-4-5-6-7-8-9-10-11-12-13-16(2,14(17)18)15(19)20;;;;/h3-13H2,1-2H3,(H,17,18)(H,19,20);;;;. The summed E-state index contributed by atoms with van der Waals surface area (Å²) in [5.74, 6) is -2.47. The molecule has 0 saturated carbocycles. The third kappa shape index (κ3) is 12.0. The van der Waals surface area contributed by atoms with Gasteiger partial charge in [-0.3, -0.25) is 9.59 Å². The van der Waals surface area contributed by atoms with Crippen molar-refractivity contribution in [2.24, 2.45) is 5.41 Å². The molecule has 0 atom stereocenters. The molecular weight excluding hydrogens is 286 g/mol. The molecular formula is C16H32LiNaO4. The van der Waals surface area contributed by atoms with Gasteiger partial charge in [-0.2, -0.15) is 0 Å². The van der Waals surface area contributed by atoms with E-state index in [-0.39, 0.29) is 54.8 Å². The van der Waals surface area contributed by atoms with Crippen LogP contribution in [0, 0.1) is 5.41 Å². The molecule has 0 aliphatic carbocycles. The van der Waals surface area contributed by atoms with E-state index in [0.717, 1.165) is 12.8 Å². The van der Waals surface area contributed by atoms with Gasteiger partial charge < -0.3 is 10.2 Å². The Labute approximate surface area is 169 Å². The molecule has 0 aromatic carbocycles. The summed E-state index contributed by atoms with van der Waals surface area (Å²) < 4.78 is 0. The van der Waals surface area contributed by atoms with Gasteiger partial charge in [0.15, 0.2) is 5.41 Å². The van der Waals surface area contributed by atoms with Crippen LogP contribution in [0.2, 0.25) is 0 Å². The van der Waals surface area contributed by atoms with Crippen LogP contribution in [0.25, 0.3) is 0 Å². The van der Waals surface area contributed by atoms with Crippen LogP contribution in [0.5, 0.6) is 0 Å². The van der Waals surface area contributed by atoms with Crippen LogP contribution >= 0.6 is 0 Å². The van der Waals surface area contributed by atoms with E-state index < -0.39 is 17.4 Å². The molecule has 0 aliphatic rings. The molecule has 6 heteroatoms. The Balaban J connectivity index is -0.00000180. The van der Waals surface area contributed by atoms with Crippen LogP contribution in [0.4, 0.5) is 0 Å². The third-order valence-electron chi connectivity index (χ3n) is 3.97. The summed E-state index contributed by atoms with van der Waals surface area (Å²) in [7, 11) is 0. The fraction of sp³-hybridized carbons (Fsp3) is 0.875. The van der Waals surface area contributed by atoms with E-state index in [0.29, 0.717) is 6.42 Å². The van der Waals surface area contributed by atoms with E-state index >= 15 is 0 Å². The molecule has 0 fully saturated rings. The molecule has 0 heterocycles. The van der Waals surface area contributed by atoms with E-state index in [4.69, 9.17) is 10.2 Å². The zero-order valence-corrected chi connectivity index (χ0v) is 13.0. The van der Waals surface area contributed by atoms with Crippen molar-refractivity contribution in [1.82, 2.24) is 0 Å². The first-order chi connectivity index (χ1) is 9.45. The molecule has 2 N–H and O–H groups in total. The second kappa shape index (κ2) is 16.4. The van der Waals surface area contributed by atoms with Gasteiger partial charge in [0.25, 0.3) is 0 Å². The topological polar surface area (TPSA) is 74.6 Å². The van der Waals surface area contributed by atoms with Crippen molar-refractivity contribution in [3.63, 3.8) is 0 Å². The summed E-state index contributed by atoms with van der Waals surface area (Å²) in [6.07, 6.45) is 11.8. The Morgan fingerprint density at radius 2 is 1.09 bits per heavy atom. The molecule has 122 valence electrons. The van der Waals surface area contributed by atoms with Crippen LogP contribution in [0.15, 0.2) is 0 Å². The van der Waals surface area contributed by atoms with Crippen LogP contribution in [0.1, 0.15) is 84.5 Å². The summed E-state index contributed by atoms with van der Waals surface area (Å²) in [4.78, 5) is 21.9. The van der Waals surface area contributed by atoms with Gasteiger partial charge in [0, 0.05) is 0 Å². The monoisotopic (exact) mass is 318 g/mol. The third-order valence-corrected chi connectivity index (χ3v) is 3.97. The predicted molar refractivity (Wildman–Crippen MR) is 94.1 cm³/mol. The molecule has 0 amide bonds. The number of carboxylic acids is 2. The number of hydrogen-bond donors (Lipinski definition) is 2. The fourth-order valence-electron chi connectivity index (χ4n) is 2.27. The normalized spacial score (nSPS) is 10.5. The quantitative estimate of drug-likeness (QED) is 0.311. The van der Waals surface area contributed by atoms with Crippen molar-refractivity contribution in [3.8, 4) is 0 Å². The molecule has 0 aromatic rings. The number of rotatable bonds is 13. The second-order valence-corrected chi connectivity index (χ2v) is 5.87. The molecule has 0 unspecified atom stereocenters. The van der Waals surface area contributed by atoms with Crippen molar-refractivity contribution >= 4 is 60.4 Å². The van der Waals surface area contributed by atoms with Crippen molar-refractivity contribution in [2.75, 3.05) is 0 Å². The van der Waals surface area contributed by atoms with E-state index in [9.17, 15) is 9.59 Å². The maximum atomic E-state index is 11.0. The first-order valence-corrected chi connectivity index (χ1v) is 7.92. The molecule has 0 aliphatic heterocycles. The summed E-state index contributed by atoms with van der Waals surface area (Å²) >= 11 is 0. The predicted octanol–water partition coefficient (Wildman–Crippen LogP) is 3.18. The van der Waals surface area contributed by atoms with Gasteiger partial charge in [0.2, 0.25) is 0 Å². The average Bonchev–Trinajstić information content (AvgIpc) is 2.40. The van der Waals surface area contributed by atoms with Gasteiger partial charge in [-0.05, 0) is 13.3 Å². The van der Waals surface area contributed by atoms with Crippen molar-refractivity contribution < 1.29 is 19.8 Å². The number of carbonyl (C=O) groups is 2. The summed E-state index contributed by atoms with van der Waals surface area (Å²) in [5.41, 5.74) is -1.62. The van der Waals surface area contributed by atoms with E-state index in [1.165, 1.54) is 51.9 Å². The summed E-state index contributed by atoms with van der Waals surface area (Å²) in [5, 5.41) is 17.9. The van der Waals surface area contributed by atoms with Crippen LogP contribution < -0.4 is 0 Å². The average molecular weight is 318 g/mol. The second-order valence-electron chi connectivity index (χ2n) is 5.87. The maximum absolute atomic E-state index is 11.0. The first-order valence-electron chi connectivity index (χ1n) is 7.92. The van der Waals surface area contributed by atoms with Gasteiger partial charge in [0.05, 0.1) is 0 Å². The molecule has 0 radical (unpaired) electrons. The molecule has 0 saturated heterocycles. The van der Waals surface area contributed by atoms with Gasteiger partial charge >= 0.3 is 60.4 Å². The zero-order chi connectivity index (χ0) is 15.4. The number of carboxylic acid groups (broad SMARTS) is 2. The van der Waals surface area contributed by atoms with Crippen LogP contribution in [-0.4, -0.2) is 70.6 Å². The molecule has 0 spiro atoms. The van der Waals surface area contributed by atoms with Crippen molar-refractivity contribution in [1.29, 1.82) is 0 Å². The Morgan fingerprint density at radius 1 is 0.773 bits per heavy atom. The van der Waals surface area contributed by atoms with E-state index in [2.05, 4.69) is 6.92 Å². The summed E-state index contributed by atoms with van der Waals surface area (Å²) in [6.45, 7) is 3.51. The number of unbranched alkanes of at least 4 members (excludes halogenated alkanes) is 9. The minimum absolute atomic E-state index is 0. The zero-order valence-electron chi connectivity index (χ0n) is 13.0. The van der Waals surface area contributed by atoms with Crippen molar-refractivity contribution in [3.05, 3.63) is 0 Å². The van der Waals surface area contributed by atoms with Crippen LogP contribution in [0.3, 0.4) is 0 Å². The van der Waals surface area contributed by atoms with Gasteiger partial charge in [-0.15, -0.1) is 0 Å². The number of aliphatic carboxylic acids is 2. The molecule has 0 bridgehead atoms. The SMILES string of the molecule is CCCCCCCCCCCCC(C)(C(=O)O)C(=O)O.[LiH].[NaH]. The van der Waals surface area contributed by atoms with Gasteiger partial charge in [0.1, 0.15) is 0 Å². The molecule has 4 nitrogen and oxygen atoms in total. The van der Waals surface area contributed by atoms with Gasteiger partial charge in [-0.1, -0.05) is 71.1 Å². The molecule has 0 aromatic heterocycles. The molecule has 22 heavy (non-hydrogen) atoms. The Bertz CT molecular complexity index is 284. The number of hydrogen-bond acceptors (Lipinski definition) is 2. The first kappa shape index (κ1) is 27.4. The van der Waals surface area contributed by atoms with E-state index in [1.807, 2.05) is 0 Å². The Kier molecular flexibility index (Phi) is 20.4. The molecule has 0 rings (SSSR count). The van der Waals surface area contributed by atoms with Gasteiger partial charge in [-0.25, -0.2) is 0 Å². The summed E-state index contributed by atoms with van der Waals surface area (Å²) in [6, 6.07) is 0. The van der Waals surface area contributed by atoms with Crippen LogP contribution in [-0.2, 0) is 9.59 Å². The fourth-order valence-corrected chi connectivity index (χ4v) is 2.27. The van der Waals surface area contributed by atoms with Crippen molar-refractivity contribution in [2.45, 2.75) is 84.5 Å². The Hall–Kier alpha value is 0.537. The van der Waals surface area contributed by atoms with E-state index in [1.54, 1.807) is 0 Å². The Morgan fingerprint density at radius 3 is 1.41 bits per heavy atom. The minimum atomic E-state index is -1.62.